The standard InChI is InChI=1S/C15H24O5/c1-15(16,11-14(18-3)19-4)12-7-5-6-8-13(12)20-10-9-17-2/h5-8,14,16H,9-11H2,1-4H3. The Hall–Kier alpha value is -1.14. The second-order valence-corrected chi connectivity index (χ2v) is 4.72. The molecule has 0 aromatic heterocycles. The van der Waals surface area contributed by atoms with Gasteiger partial charge in [0, 0.05) is 33.3 Å². The zero-order valence-corrected chi connectivity index (χ0v) is 12.6. The molecular weight excluding hydrogens is 260 g/mol. The van der Waals surface area contributed by atoms with Gasteiger partial charge in [0.15, 0.2) is 6.29 Å². The number of rotatable bonds is 9. The first-order chi connectivity index (χ1) is 9.55. The molecule has 0 saturated heterocycles. The molecular formula is C15H24O5. The van der Waals surface area contributed by atoms with Gasteiger partial charge in [-0.15, -0.1) is 0 Å². The van der Waals surface area contributed by atoms with Crippen LogP contribution in [0.5, 0.6) is 5.75 Å². The van der Waals surface area contributed by atoms with Crippen LogP contribution in [0.2, 0.25) is 0 Å². The molecule has 0 aliphatic heterocycles. The Bertz CT molecular complexity index is 388. The van der Waals surface area contributed by atoms with E-state index in [0.29, 0.717) is 30.9 Å². The summed E-state index contributed by atoms with van der Waals surface area (Å²) in [5.74, 6) is 0.639. The lowest BCUT2D eigenvalue weighted by Gasteiger charge is -2.29. The summed E-state index contributed by atoms with van der Waals surface area (Å²) < 4.78 is 20.9. The normalized spacial score (nSPS) is 14.3. The third-order valence-electron chi connectivity index (χ3n) is 3.10. The van der Waals surface area contributed by atoms with Gasteiger partial charge in [0.2, 0.25) is 0 Å². The molecule has 1 aromatic carbocycles. The average molecular weight is 284 g/mol. The molecule has 20 heavy (non-hydrogen) atoms. The van der Waals surface area contributed by atoms with Crippen molar-refractivity contribution in [3.8, 4) is 5.75 Å². The molecule has 0 fully saturated rings. The molecule has 5 nitrogen and oxygen atoms in total. The van der Waals surface area contributed by atoms with Crippen LogP contribution in [0.25, 0.3) is 0 Å². The quantitative estimate of drug-likeness (QED) is 0.554. The van der Waals surface area contributed by atoms with E-state index >= 15 is 0 Å². The predicted molar refractivity (Wildman–Crippen MR) is 75.8 cm³/mol. The fourth-order valence-electron chi connectivity index (χ4n) is 1.97. The Morgan fingerprint density at radius 3 is 2.35 bits per heavy atom. The van der Waals surface area contributed by atoms with E-state index in [1.807, 2.05) is 24.3 Å². The molecule has 0 amide bonds. The van der Waals surface area contributed by atoms with Crippen molar-refractivity contribution in [2.24, 2.45) is 0 Å². The Balaban J connectivity index is 2.86. The Morgan fingerprint density at radius 2 is 1.75 bits per heavy atom. The number of ether oxygens (including phenoxy) is 4. The van der Waals surface area contributed by atoms with E-state index < -0.39 is 11.9 Å². The van der Waals surface area contributed by atoms with Crippen LogP contribution in [0.3, 0.4) is 0 Å². The molecule has 1 aromatic rings. The van der Waals surface area contributed by atoms with Crippen LogP contribution in [-0.4, -0.2) is 45.9 Å². The van der Waals surface area contributed by atoms with Crippen LogP contribution in [0.15, 0.2) is 24.3 Å². The van der Waals surface area contributed by atoms with Crippen LogP contribution < -0.4 is 4.74 Å². The molecule has 0 aliphatic rings. The highest BCUT2D eigenvalue weighted by Crippen LogP contribution is 2.33. The van der Waals surface area contributed by atoms with Gasteiger partial charge in [-0.1, -0.05) is 18.2 Å². The zero-order valence-electron chi connectivity index (χ0n) is 12.6. The largest absolute Gasteiger partial charge is 0.491 e. The molecule has 1 unspecified atom stereocenters. The van der Waals surface area contributed by atoms with Crippen LogP contribution in [-0.2, 0) is 19.8 Å². The number of hydrogen-bond acceptors (Lipinski definition) is 5. The molecule has 0 radical (unpaired) electrons. The topological polar surface area (TPSA) is 57.2 Å². The summed E-state index contributed by atoms with van der Waals surface area (Å²) in [5.41, 5.74) is -0.407. The minimum absolute atomic E-state index is 0.310. The predicted octanol–water partition coefficient (Wildman–Crippen LogP) is 1.93. The smallest absolute Gasteiger partial charge is 0.159 e. The fraction of sp³-hybridized carbons (Fsp3) is 0.600. The van der Waals surface area contributed by atoms with E-state index in [1.54, 1.807) is 28.3 Å². The van der Waals surface area contributed by atoms with Gasteiger partial charge in [-0.25, -0.2) is 0 Å². The average Bonchev–Trinajstić information content (AvgIpc) is 2.45. The van der Waals surface area contributed by atoms with Gasteiger partial charge in [0.1, 0.15) is 12.4 Å². The summed E-state index contributed by atoms with van der Waals surface area (Å²) >= 11 is 0. The van der Waals surface area contributed by atoms with E-state index in [9.17, 15) is 5.11 Å². The van der Waals surface area contributed by atoms with Crippen molar-refractivity contribution in [1.29, 1.82) is 0 Å². The summed E-state index contributed by atoms with van der Waals surface area (Å²) in [6, 6.07) is 7.39. The van der Waals surface area contributed by atoms with Crippen LogP contribution in [0.1, 0.15) is 18.9 Å². The molecule has 0 heterocycles. The van der Waals surface area contributed by atoms with Crippen LogP contribution in [0, 0.1) is 0 Å². The molecule has 1 rings (SSSR count). The summed E-state index contributed by atoms with van der Waals surface area (Å²) in [6.45, 7) is 2.65. The molecule has 114 valence electrons. The third kappa shape index (κ3) is 4.76. The van der Waals surface area contributed by atoms with E-state index in [1.165, 1.54) is 0 Å². The second-order valence-electron chi connectivity index (χ2n) is 4.72. The highest BCUT2D eigenvalue weighted by Gasteiger charge is 2.30. The number of methoxy groups -OCH3 is 3. The van der Waals surface area contributed by atoms with E-state index in [-0.39, 0.29) is 0 Å². The fourth-order valence-corrected chi connectivity index (χ4v) is 1.97. The Morgan fingerprint density at radius 1 is 1.10 bits per heavy atom. The maximum Gasteiger partial charge on any atom is 0.159 e. The third-order valence-corrected chi connectivity index (χ3v) is 3.10. The summed E-state index contributed by atoms with van der Waals surface area (Å²) in [7, 11) is 4.71. The van der Waals surface area contributed by atoms with E-state index in [4.69, 9.17) is 18.9 Å². The zero-order chi connectivity index (χ0) is 15.0. The maximum atomic E-state index is 10.7. The lowest BCUT2D eigenvalue weighted by molar-refractivity contribution is -0.142. The summed E-state index contributed by atoms with van der Waals surface area (Å²) in [4.78, 5) is 0. The monoisotopic (exact) mass is 284 g/mol. The van der Waals surface area contributed by atoms with Gasteiger partial charge in [0.25, 0.3) is 0 Å². The minimum atomic E-state index is -1.11. The van der Waals surface area contributed by atoms with Crippen molar-refractivity contribution in [3.63, 3.8) is 0 Å². The van der Waals surface area contributed by atoms with Gasteiger partial charge in [-0.2, -0.15) is 0 Å². The minimum Gasteiger partial charge on any atom is -0.491 e. The second kappa shape index (κ2) is 8.21. The summed E-state index contributed by atoms with van der Waals surface area (Å²) in [5, 5.41) is 10.7. The molecule has 0 spiro atoms. The van der Waals surface area contributed by atoms with Crippen molar-refractivity contribution in [2.45, 2.75) is 25.2 Å². The lowest BCUT2D eigenvalue weighted by Crippen LogP contribution is -2.30. The SMILES string of the molecule is COCCOc1ccccc1C(C)(O)CC(OC)OC. The number of benzene rings is 1. The van der Waals surface area contributed by atoms with Crippen LogP contribution >= 0.6 is 0 Å². The highest BCUT2D eigenvalue weighted by molar-refractivity contribution is 5.37. The van der Waals surface area contributed by atoms with E-state index in [0.717, 1.165) is 0 Å². The molecule has 1 N–H and O–H groups in total. The maximum absolute atomic E-state index is 10.7. The number of para-hydroxylation sites is 1. The van der Waals surface area contributed by atoms with Crippen molar-refractivity contribution >= 4 is 0 Å². The van der Waals surface area contributed by atoms with E-state index in [2.05, 4.69) is 0 Å². The van der Waals surface area contributed by atoms with Crippen molar-refractivity contribution in [1.82, 2.24) is 0 Å². The lowest BCUT2D eigenvalue weighted by atomic mass is 9.91. The molecule has 0 bridgehead atoms. The Labute approximate surface area is 120 Å². The molecule has 0 saturated carbocycles. The first kappa shape index (κ1) is 16.9. The van der Waals surface area contributed by atoms with Crippen molar-refractivity contribution in [2.75, 3.05) is 34.5 Å². The van der Waals surface area contributed by atoms with Crippen LogP contribution in [0.4, 0.5) is 0 Å². The highest BCUT2D eigenvalue weighted by atomic mass is 16.7. The van der Waals surface area contributed by atoms with Gasteiger partial charge in [-0.3, -0.25) is 0 Å². The number of hydrogen-bond donors (Lipinski definition) is 1. The van der Waals surface area contributed by atoms with Gasteiger partial charge in [-0.05, 0) is 13.0 Å². The van der Waals surface area contributed by atoms with Crippen molar-refractivity contribution < 1.29 is 24.1 Å². The Kier molecular flexibility index (Phi) is 6.95. The van der Waals surface area contributed by atoms with Crippen molar-refractivity contribution in [3.05, 3.63) is 29.8 Å². The first-order valence-corrected chi connectivity index (χ1v) is 6.54. The molecule has 5 heteroatoms. The molecule has 1 atom stereocenters. The van der Waals surface area contributed by atoms with Gasteiger partial charge < -0.3 is 24.1 Å². The first-order valence-electron chi connectivity index (χ1n) is 6.54. The number of aliphatic hydroxyl groups is 1. The molecule has 0 aliphatic carbocycles. The summed E-state index contributed by atoms with van der Waals surface area (Å²) in [6.07, 6.45) is -0.165. The van der Waals surface area contributed by atoms with Gasteiger partial charge >= 0.3 is 0 Å². The van der Waals surface area contributed by atoms with Gasteiger partial charge in [0.05, 0.1) is 12.2 Å².